The van der Waals surface area contributed by atoms with Gasteiger partial charge in [0.2, 0.25) is 5.91 Å². The van der Waals surface area contributed by atoms with Gasteiger partial charge in [0.05, 0.1) is 18.3 Å². The SMILES string of the molecule is CC(CCc1ccccc1)NC(=O)CC[C@@H](C)[C@H]1CC[C@H]2[C@@H]3[C@H](O)C[C@@H]4C[C@H](O)CC[C@]4(C)[C@H]3C[C@H](O)[C@]12C. The van der Waals surface area contributed by atoms with Crippen LogP contribution in [0.15, 0.2) is 30.3 Å². The first-order valence-electron chi connectivity index (χ1n) is 15.9. The van der Waals surface area contributed by atoms with Crippen LogP contribution in [0.25, 0.3) is 0 Å². The van der Waals surface area contributed by atoms with E-state index < -0.39 is 0 Å². The Morgan fingerprint density at radius 2 is 1.72 bits per heavy atom. The van der Waals surface area contributed by atoms with E-state index in [2.05, 4.69) is 57.3 Å². The summed E-state index contributed by atoms with van der Waals surface area (Å²) in [5, 5.41) is 36.8. The van der Waals surface area contributed by atoms with Crippen LogP contribution in [0.2, 0.25) is 0 Å². The van der Waals surface area contributed by atoms with E-state index in [9.17, 15) is 20.1 Å². The fourth-order valence-electron chi connectivity index (χ4n) is 10.1. The molecule has 4 saturated carbocycles. The summed E-state index contributed by atoms with van der Waals surface area (Å²) in [4.78, 5) is 12.8. The van der Waals surface area contributed by atoms with Crippen molar-refractivity contribution in [2.75, 3.05) is 0 Å². The van der Waals surface area contributed by atoms with E-state index in [1.807, 2.05) is 6.07 Å². The quantitative estimate of drug-likeness (QED) is 0.351. The third-order valence-electron chi connectivity index (χ3n) is 12.5. The molecule has 1 amide bonds. The van der Waals surface area contributed by atoms with Gasteiger partial charge in [-0.1, -0.05) is 51.1 Å². The van der Waals surface area contributed by atoms with E-state index in [1.165, 1.54) is 5.56 Å². The number of amides is 1. The molecule has 5 heteroatoms. The van der Waals surface area contributed by atoms with Gasteiger partial charge in [-0.25, -0.2) is 0 Å². The summed E-state index contributed by atoms with van der Waals surface area (Å²) in [5.74, 6) is 2.08. The Morgan fingerprint density at radius 1 is 0.974 bits per heavy atom. The topological polar surface area (TPSA) is 89.8 Å². The number of hydrogen-bond acceptors (Lipinski definition) is 4. The van der Waals surface area contributed by atoms with Crippen molar-refractivity contribution in [1.82, 2.24) is 5.32 Å². The van der Waals surface area contributed by atoms with Crippen molar-refractivity contribution < 1.29 is 20.1 Å². The van der Waals surface area contributed by atoms with Crippen molar-refractivity contribution in [1.29, 1.82) is 0 Å². The maximum atomic E-state index is 12.8. The molecule has 4 fully saturated rings. The Balaban J connectivity index is 1.19. The van der Waals surface area contributed by atoms with E-state index in [1.54, 1.807) is 0 Å². The minimum Gasteiger partial charge on any atom is -0.393 e. The molecular formula is C34H53NO4. The van der Waals surface area contributed by atoms with Crippen molar-refractivity contribution in [2.45, 2.75) is 123 Å². The molecule has 4 N–H and O–H groups in total. The van der Waals surface area contributed by atoms with Crippen LogP contribution >= 0.6 is 0 Å². The van der Waals surface area contributed by atoms with Gasteiger partial charge in [0.25, 0.3) is 0 Å². The molecule has 4 aliphatic carbocycles. The Kier molecular flexibility index (Phi) is 8.54. The summed E-state index contributed by atoms with van der Waals surface area (Å²) in [6.45, 7) is 9.05. The molecule has 1 unspecified atom stereocenters. The van der Waals surface area contributed by atoms with Gasteiger partial charge in [-0.05, 0) is 123 Å². The van der Waals surface area contributed by atoms with Gasteiger partial charge in [-0.2, -0.15) is 0 Å². The first-order valence-corrected chi connectivity index (χ1v) is 15.9. The maximum absolute atomic E-state index is 12.8. The summed E-state index contributed by atoms with van der Waals surface area (Å²) < 4.78 is 0. The van der Waals surface area contributed by atoms with Crippen LogP contribution in [0.1, 0.15) is 97.5 Å². The van der Waals surface area contributed by atoms with Gasteiger partial charge in [-0.15, -0.1) is 0 Å². The predicted octanol–water partition coefficient (Wildman–Crippen LogP) is 5.50. The summed E-state index contributed by atoms with van der Waals surface area (Å²) >= 11 is 0. The van der Waals surface area contributed by atoms with Crippen LogP contribution < -0.4 is 5.32 Å². The average Bonchev–Trinajstić information content (AvgIpc) is 3.27. The lowest BCUT2D eigenvalue weighted by atomic mass is 9.43. The standard InChI is InChI=1S/C34H53NO4/c1-21(10-15-31(39)35-22(2)11-12-23-8-6-5-7-9-23)26-13-14-27-32-28(20-30(38)34(26,27)4)33(3)17-16-25(36)18-24(33)19-29(32)37/h5-9,21-22,24-30,32,36-38H,10-20H2,1-4H3,(H,35,39)/t21-,22?,24+,25-,26-,27+,28+,29-,30+,32+,33+,34-/m1/s1. The molecule has 0 saturated heterocycles. The zero-order valence-electron chi connectivity index (χ0n) is 24.7. The fourth-order valence-corrected chi connectivity index (χ4v) is 10.1. The second kappa shape index (κ2) is 11.4. The van der Waals surface area contributed by atoms with Crippen LogP contribution in [0.4, 0.5) is 0 Å². The lowest BCUT2D eigenvalue weighted by Gasteiger charge is -2.63. The van der Waals surface area contributed by atoms with Gasteiger partial charge in [0, 0.05) is 12.5 Å². The predicted molar refractivity (Wildman–Crippen MR) is 155 cm³/mol. The Morgan fingerprint density at radius 3 is 2.46 bits per heavy atom. The number of benzene rings is 1. The molecule has 0 heterocycles. The average molecular weight is 540 g/mol. The molecule has 0 radical (unpaired) electrons. The van der Waals surface area contributed by atoms with E-state index in [0.29, 0.717) is 36.0 Å². The molecule has 4 aliphatic rings. The molecule has 5 nitrogen and oxygen atoms in total. The van der Waals surface area contributed by atoms with E-state index >= 15 is 0 Å². The second-order valence-electron chi connectivity index (χ2n) is 14.5. The van der Waals surface area contributed by atoms with Crippen molar-refractivity contribution in [3.8, 4) is 0 Å². The molecule has 1 aromatic rings. The summed E-state index contributed by atoms with van der Waals surface area (Å²) in [5.41, 5.74) is 1.20. The molecule has 1 aromatic carbocycles. The number of nitrogens with one attached hydrogen (secondary N) is 1. The number of carbonyl (C=O) groups is 1. The highest BCUT2D eigenvalue weighted by atomic mass is 16.3. The van der Waals surface area contributed by atoms with Crippen LogP contribution in [-0.2, 0) is 11.2 Å². The zero-order chi connectivity index (χ0) is 27.9. The molecule has 0 aromatic heterocycles. The van der Waals surface area contributed by atoms with Crippen LogP contribution in [0.3, 0.4) is 0 Å². The minimum absolute atomic E-state index is 0.102. The lowest BCUT2D eigenvalue weighted by molar-refractivity contribution is -0.207. The van der Waals surface area contributed by atoms with E-state index in [-0.39, 0.29) is 47.0 Å². The molecule has 0 aliphatic heterocycles. The van der Waals surface area contributed by atoms with Crippen molar-refractivity contribution in [3.05, 3.63) is 35.9 Å². The molecule has 218 valence electrons. The van der Waals surface area contributed by atoms with E-state index in [0.717, 1.165) is 64.2 Å². The van der Waals surface area contributed by atoms with Crippen molar-refractivity contribution in [2.24, 2.45) is 46.3 Å². The van der Waals surface area contributed by atoms with Gasteiger partial charge in [-0.3, -0.25) is 4.79 Å². The number of hydrogen-bond donors (Lipinski definition) is 4. The zero-order valence-corrected chi connectivity index (χ0v) is 24.7. The molecule has 12 atom stereocenters. The van der Waals surface area contributed by atoms with Crippen molar-refractivity contribution >= 4 is 5.91 Å². The number of aliphatic hydroxyl groups excluding tert-OH is 3. The Labute approximate surface area is 236 Å². The lowest BCUT2D eigenvalue weighted by Crippen LogP contribution is -2.62. The molecule has 0 spiro atoms. The summed E-state index contributed by atoms with van der Waals surface area (Å²) in [6.07, 6.45) is 8.64. The first-order chi connectivity index (χ1) is 18.5. The number of rotatable bonds is 8. The van der Waals surface area contributed by atoms with Gasteiger partial charge in [0.1, 0.15) is 0 Å². The van der Waals surface area contributed by atoms with Crippen LogP contribution in [0.5, 0.6) is 0 Å². The van der Waals surface area contributed by atoms with Gasteiger partial charge < -0.3 is 20.6 Å². The number of carbonyl (C=O) groups excluding carboxylic acids is 1. The molecule has 0 bridgehead atoms. The van der Waals surface area contributed by atoms with Gasteiger partial charge >= 0.3 is 0 Å². The smallest absolute Gasteiger partial charge is 0.220 e. The first kappa shape index (κ1) is 29.1. The monoisotopic (exact) mass is 539 g/mol. The highest BCUT2D eigenvalue weighted by molar-refractivity contribution is 5.76. The Hall–Kier alpha value is -1.43. The summed E-state index contributed by atoms with van der Waals surface area (Å²) in [6, 6.07) is 10.6. The van der Waals surface area contributed by atoms with Gasteiger partial charge in [0.15, 0.2) is 0 Å². The number of fused-ring (bicyclic) bond motifs is 5. The van der Waals surface area contributed by atoms with Crippen molar-refractivity contribution in [3.63, 3.8) is 0 Å². The third-order valence-corrected chi connectivity index (χ3v) is 12.5. The number of aliphatic hydroxyl groups is 3. The normalized spacial score (nSPS) is 43.1. The minimum atomic E-state index is -0.375. The van der Waals surface area contributed by atoms with E-state index in [4.69, 9.17) is 0 Å². The Bertz CT molecular complexity index is 985. The highest BCUT2D eigenvalue weighted by Crippen LogP contribution is 2.68. The summed E-state index contributed by atoms with van der Waals surface area (Å²) in [7, 11) is 0. The maximum Gasteiger partial charge on any atom is 0.220 e. The molecule has 5 rings (SSSR count). The fraction of sp³-hybridized carbons (Fsp3) is 0.794. The van der Waals surface area contributed by atoms with Crippen LogP contribution in [0, 0.1) is 46.3 Å². The molecular weight excluding hydrogens is 486 g/mol. The number of aryl methyl sites for hydroxylation is 1. The third kappa shape index (κ3) is 5.45. The molecule has 39 heavy (non-hydrogen) atoms. The second-order valence-corrected chi connectivity index (χ2v) is 14.5. The highest BCUT2D eigenvalue weighted by Gasteiger charge is 2.65. The largest absolute Gasteiger partial charge is 0.393 e. The van der Waals surface area contributed by atoms with Crippen LogP contribution in [-0.4, -0.2) is 45.6 Å².